The molecule has 1 aliphatic rings. The molecule has 6 heteroatoms. The number of thioether (sulfide) groups is 1. The second kappa shape index (κ2) is 5.97. The molecule has 2 N–H and O–H groups in total. The maximum absolute atomic E-state index is 12.4. The maximum Gasteiger partial charge on any atom is 0.289 e. The van der Waals surface area contributed by atoms with Crippen molar-refractivity contribution in [2.45, 2.75) is 11.8 Å². The minimum atomic E-state index is -0.464. The van der Waals surface area contributed by atoms with Gasteiger partial charge >= 0.3 is 0 Å². The molecule has 1 aromatic heterocycles. The first-order valence-electron chi connectivity index (χ1n) is 7.95. The highest BCUT2D eigenvalue weighted by atomic mass is 32.2. The number of likely N-dealkylation sites (N-methyl/N-ethyl adjacent to an activating group) is 1. The summed E-state index contributed by atoms with van der Waals surface area (Å²) >= 11 is 1.08. The largest absolute Gasteiger partial charge is 0.399 e. The predicted molar refractivity (Wildman–Crippen MR) is 100 cm³/mol. The van der Waals surface area contributed by atoms with Gasteiger partial charge in [-0.2, -0.15) is 0 Å². The summed E-state index contributed by atoms with van der Waals surface area (Å²) in [4.78, 5) is 25.4. The van der Waals surface area contributed by atoms with Crippen molar-refractivity contribution >= 4 is 39.5 Å². The summed E-state index contributed by atoms with van der Waals surface area (Å²) in [5, 5.41) is 0.341. The lowest BCUT2D eigenvalue weighted by molar-refractivity contribution is -0.125. The molecule has 2 amide bonds. The molecule has 5 nitrogen and oxygen atoms in total. The fourth-order valence-electron chi connectivity index (χ4n) is 3.13. The van der Waals surface area contributed by atoms with E-state index in [1.165, 1.54) is 11.9 Å². The minimum absolute atomic E-state index is 0.159. The van der Waals surface area contributed by atoms with Crippen molar-refractivity contribution in [2.24, 2.45) is 0 Å². The van der Waals surface area contributed by atoms with Crippen molar-refractivity contribution in [3.63, 3.8) is 0 Å². The Morgan fingerprint density at radius 2 is 1.84 bits per heavy atom. The van der Waals surface area contributed by atoms with Crippen LogP contribution in [0.3, 0.4) is 0 Å². The molecule has 0 spiro atoms. The summed E-state index contributed by atoms with van der Waals surface area (Å²) in [5.74, 6) is -0.159. The Balaban J connectivity index is 1.72. The molecule has 0 saturated carbocycles. The number of aromatic nitrogens is 1. The molecule has 1 unspecified atom stereocenters. The Hall–Kier alpha value is -2.73. The van der Waals surface area contributed by atoms with E-state index in [1.807, 2.05) is 54.7 Å². The Bertz CT molecular complexity index is 978. The zero-order valence-corrected chi connectivity index (χ0v) is 14.5. The van der Waals surface area contributed by atoms with Gasteiger partial charge in [-0.05, 0) is 47.2 Å². The predicted octanol–water partition coefficient (Wildman–Crippen LogP) is 3.64. The molecule has 25 heavy (non-hydrogen) atoms. The molecule has 3 aromatic rings. The number of nitrogens with zero attached hydrogens (tertiary/aromatic N) is 2. The van der Waals surface area contributed by atoms with Crippen molar-refractivity contribution in [3.8, 4) is 0 Å². The van der Waals surface area contributed by atoms with Crippen molar-refractivity contribution in [1.82, 2.24) is 9.47 Å². The number of rotatable bonds is 3. The lowest BCUT2D eigenvalue weighted by Gasteiger charge is -2.11. The van der Waals surface area contributed by atoms with Crippen molar-refractivity contribution in [2.75, 3.05) is 12.8 Å². The fraction of sp³-hybridized carbons (Fsp3) is 0.158. The Morgan fingerprint density at radius 3 is 2.52 bits per heavy atom. The van der Waals surface area contributed by atoms with E-state index in [1.54, 1.807) is 0 Å². The molecule has 0 aliphatic carbocycles. The number of hydrogen-bond acceptors (Lipinski definition) is 4. The summed E-state index contributed by atoms with van der Waals surface area (Å²) < 4.78 is 2.14. The van der Waals surface area contributed by atoms with Crippen LogP contribution in [0.1, 0.15) is 16.4 Å². The topological polar surface area (TPSA) is 68.3 Å². The maximum atomic E-state index is 12.4. The van der Waals surface area contributed by atoms with Gasteiger partial charge in [-0.3, -0.25) is 14.5 Å². The SMILES string of the molecule is CN1C(=O)SC(c2cccc3c2ccn3Cc2ccc(N)cc2)C1=O. The monoisotopic (exact) mass is 351 g/mol. The number of benzene rings is 2. The molecule has 1 saturated heterocycles. The molecule has 4 rings (SSSR count). The van der Waals surface area contributed by atoms with Crippen molar-refractivity contribution < 1.29 is 9.59 Å². The van der Waals surface area contributed by atoms with E-state index < -0.39 is 5.25 Å². The fourth-order valence-corrected chi connectivity index (χ4v) is 4.17. The number of carbonyl (C=O) groups excluding carboxylic acids is 2. The summed E-state index contributed by atoms with van der Waals surface area (Å²) in [6, 6.07) is 15.7. The molecule has 2 heterocycles. The van der Waals surface area contributed by atoms with Crippen LogP contribution in [0.4, 0.5) is 10.5 Å². The lowest BCUT2D eigenvalue weighted by Crippen LogP contribution is -2.24. The van der Waals surface area contributed by atoms with E-state index in [0.29, 0.717) is 0 Å². The molecule has 1 aliphatic heterocycles. The van der Waals surface area contributed by atoms with Crippen LogP contribution in [0, 0.1) is 0 Å². The van der Waals surface area contributed by atoms with Crippen LogP contribution in [0.2, 0.25) is 0 Å². The lowest BCUT2D eigenvalue weighted by atomic mass is 10.1. The van der Waals surface area contributed by atoms with Crippen LogP contribution < -0.4 is 5.73 Å². The van der Waals surface area contributed by atoms with E-state index in [2.05, 4.69) is 4.57 Å². The quantitative estimate of drug-likeness (QED) is 0.732. The van der Waals surface area contributed by atoms with Gasteiger partial charge in [0.25, 0.3) is 5.24 Å². The highest BCUT2D eigenvalue weighted by molar-refractivity contribution is 8.15. The highest BCUT2D eigenvalue weighted by Crippen LogP contribution is 2.41. The van der Waals surface area contributed by atoms with E-state index in [4.69, 9.17) is 5.73 Å². The third-order valence-corrected chi connectivity index (χ3v) is 5.68. The number of nitrogens with two attached hydrogens (primary N) is 1. The second-order valence-corrected chi connectivity index (χ2v) is 7.18. The molecular formula is C19H17N3O2S. The Kier molecular flexibility index (Phi) is 3.77. The summed E-state index contributed by atoms with van der Waals surface area (Å²) in [6.07, 6.45) is 2.01. The Morgan fingerprint density at radius 1 is 1.08 bits per heavy atom. The van der Waals surface area contributed by atoms with Gasteiger partial charge in [0, 0.05) is 36.4 Å². The number of hydrogen-bond donors (Lipinski definition) is 1. The van der Waals surface area contributed by atoms with E-state index >= 15 is 0 Å². The molecule has 126 valence electrons. The number of fused-ring (bicyclic) bond motifs is 1. The van der Waals surface area contributed by atoms with Crippen LogP contribution >= 0.6 is 11.8 Å². The number of anilines is 1. The Labute approximate surface area is 149 Å². The average Bonchev–Trinajstić information content (AvgIpc) is 3.13. The van der Waals surface area contributed by atoms with Gasteiger partial charge < -0.3 is 10.3 Å². The van der Waals surface area contributed by atoms with Crippen LogP contribution in [0.5, 0.6) is 0 Å². The smallest absolute Gasteiger partial charge is 0.289 e. The van der Waals surface area contributed by atoms with Gasteiger partial charge in [-0.15, -0.1) is 0 Å². The number of imide groups is 1. The van der Waals surface area contributed by atoms with Gasteiger partial charge in [-0.1, -0.05) is 24.3 Å². The van der Waals surface area contributed by atoms with Crippen LogP contribution in [0.15, 0.2) is 54.7 Å². The molecule has 2 aromatic carbocycles. The summed E-state index contributed by atoms with van der Waals surface area (Å²) in [5.41, 5.74) is 9.57. The van der Waals surface area contributed by atoms with Crippen LogP contribution in [0.25, 0.3) is 10.9 Å². The summed E-state index contributed by atoms with van der Waals surface area (Å²) in [7, 11) is 1.53. The zero-order valence-electron chi connectivity index (χ0n) is 13.7. The number of carbonyl (C=O) groups is 2. The number of amides is 2. The van der Waals surface area contributed by atoms with Crippen LogP contribution in [-0.4, -0.2) is 27.7 Å². The van der Waals surface area contributed by atoms with E-state index in [0.717, 1.165) is 46.0 Å². The third kappa shape index (κ3) is 2.68. The molecule has 0 bridgehead atoms. The van der Waals surface area contributed by atoms with Gasteiger partial charge in [0.1, 0.15) is 5.25 Å². The molecular weight excluding hydrogens is 334 g/mol. The molecule has 1 fully saturated rings. The van der Waals surface area contributed by atoms with Crippen molar-refractivity contribution in [3.05, 3.63) is 65.9 Å². The standard InChI is InChI=1S/C19H17N3O2S/c1-21-18(23)17(25-19(21)24)15-3-2-4-16-14(15)9-10-22(16)11-12-5-7-13(20)8-6-12/h2-10,17H,11,20H2,1H3. The van der Waals surface area contributed by atoms with E-state index in [-0.39, 0.29) is 11.1 Å². The summed E-state index contributed by atoms with van der Waals surface area (Å²) in [6.45, 7) is 0.720. The zero-order chi connectivity index (χ0) is 17.6. The average molecular weight is 351 g/mol. The first kappa shape index (κ1) is 15.8. The van der Waals surface area contributed by atoms with Gasteiger partial charge in [0.05, 0.1) is 0 Å². The second-order valence-electron chi connectivity index (χ2n) is 6.13. The minimum Gasteiger partial charge on any atom is -0.399 e. The van der Waals surface area contributed by atoms with Gasteiger partial charge in [-0.25, -0.2) is 0 Å². The van der Waals surface area contributed by atoms with E-state index in [9.17, 15) is 9.59 Å². The van der Waals surface area contributed by atoms with Gasteiger partial charge in [0.15, 0.2) is 0 Å². The normalized spacial score (nSPS) is 17.6. The van der Waals surface area contributed by atoms with Crippen LogP contribution in [-0.2, 0) is 11.3 Å². The van der Waals surface area contributed by atoms with Crippen molar-refractivity contribution in [1.29, 1.82) is 0 Å². The highest BCUT2D eigenvalue weighted by Gasteiger charge is 2.38. The first-order chi connectivity index (χ1) is 12.0. The number of nitrogen functional groups attached to an aromatic ring is 1. The molecule has 0 radical (unpaired) electrons. The third-order valence-electron chi connectivity index (χ3n) is 4.51. The van der Waals surface area contributed by atoms with Gasteiger partial charge in [0.2, 0.25) is 5.91 Å². The first-order valence-corrected chi connectivity index (χ1v) is 8.83. The molecule has 1 atom stereocenters.